The van der Waals surface area contributed by atoms with Crippen LogP contribution in [0.5, 0.6) is 0 Å². The van der Waals surface area contributed by atoms with Crippen molar-refractivity contribution in [1.82, 2.24) is 0 Å². The number of rotatable bonds is 1. The van der Waals surface area contributed by atoms with Crippen molar-refractivity contribution in [2.45, 2.75) is 23.5 Å². The number of fused-ring (bicyclic) bond motifs is 1. The van der Waals surface area contributed by atoms with Gasteiger partial charge in [0.05, 0.1) is 7.11 Å². The van der Waals surface area contributed by atoms with Crippen LogP contribution in [0.3, 0.4) is 0 Å². The zero-order valence-corrected chi connectivity index (χ0v) is 9.58. The van der Waals surface area contributed by atoms with Gasteiger partial charge in [-0.15, -0.1) is 0 Å². The quantitative estimate of drug-likeness (QED) is 0.424. The van der Waals surface area contributed by atoms with E-state index >= 15 is 0 Å². The predicted octanol–water partition coefficient (Wildman–Crippen LogP) is 1.66. The van der Waals surface area contributed by atoms with E-state index in [2.05, 4.69) is 4.74 Å². The highest BCUT2D eigenvalue weighted by Gasteiger charge is 2.76. The van der Waals surface area contributed by atoms with Crippen molar-refractivity contribution in [3.63, 3.8) is 0 Å². The van der Waals surface area contributed by atoms with Crippen molar-refractivity contribution in [3.8, 4) is 0 Å². The highest BCUT2D eigenvalue weighted by Crippen LogP contribution is 2.59. The van der Waals surface area contributed by atoms with Gasteiger partial charge in [-0.05, 0) is 11.1 Å². The maximum Gasteiger partial charge on any atom is 0.357 e. The summed E-state index contributed by atoms with van der Waals surface area (Å²) in [6.45, 7) is 0. The van der Waals surface area contributed by atoms with Gasteiger partial charge in [0, 0.05) is 12.8 Å². The molecule has 3 rings (SSSR count). The van der Waals surface area contributed by atoms with Crippen molar-refractivity contribution < 1.29 is 14.3 Å². The number of alkyl halides is 1. The van der Waals surface area contributed by atoms with Crippen molar-refractivity contribution >= 4 is 17.6 Å². The number of epoxide rings is 1. The minimum atomic E-state index is -1.28. The molecule has 1 aromatic rings. The van der Waals surface area contributed by atoms with Gasteiger partial charge < -0.3 is 9.47 Å². The molecule has 3 nitrogen and oxygen atoms in total. The van der Waals surface area contributed by atoms with Gasteiger partial charge in [0.1, 0.15) is 5.60 Å². The minimum absolute atomic E-state index is 0.498. The van der Waals surface area contributed by atoms with E-state index in [1.54, 1.807) is 0 Å². The summed E-state index contributed by atoms with van der Waals surface area (Å²) in [5.41, 5.74) is 1.83. The zero-order chi connectivity index (χ0) is 11.4. The second-order valence-electron chi connectivity index (χ2n) is 4.31. The molecule has 1 spiro atoms. The van der Waals surface area contributed by atoms with E-state index in [0.717, 1.165) is 0 Å². The number of halogens is 1. The molecule has 0 saturated carbocycles. The Morgan fingerprint density at radius 1 is 1.38 bits per heavy atom. The molecule has 84 valence electrons. The number of carbonyl (C=O) groups excluding carboxylic acids is 1. The van der Waals surface area contributed by atoms with E-state index in [1.165, 1.54) is 18.2 Å². The van der Waals surface area contributed by atoms with Crippen molar-refractivity contribution in [2.24, 2.45) is 0 Å². The summed E-state index contributed by atoms with van der Waals surface area (Å²) in [6, 6.07) is 8.04. The summed E-state index contributed by atoms with van der Waals surface area (Å²) in [5, 5.41) is -1.28. The van der Waals surface area contributed by atoms with Crippen molar-refractivity contribution in [1.29, 1.82) is 0 Å². The molecule has 1 atom stereocenters. The Morgan fingerprint density at radius 3 is 2.44 bits per heavy atom. The Balaban J connectivity index is 1.91. The molecule has 1 aliphatic heterocycles. The van der Waals surface area contributed by atoms with E-state index in [0.29, 0.717) is 12.8 Å². The van der Waals surface area contributed by atoms with Crippen molar-refractivity contribution in [3.05, 3.63) is 35.4 Å². The van der Waals surface area contributed by atoms with Crippen LogP contribution in [-0.2, 0) is 27.1 Å². The second kappa shape index (κ2) is 2.99. The molecule has 16 heavy (non-hydrogen) atoms. The number of esters is 1. The molecule has 0 aromatic heterocycles. The molecule has 0 bridgehead atoms. The van der Waals surface area contributed by atoms with Crippen LogP contribution in [0.2, 0.25) is 0 Å². The van der Waals surface area contributed by atoms with Gasteiger partial charge >= 0.3 is 5.97 Å². The smallest absolute Gasteiger partial charge is 0.357 e. The van der Waals surface area contributed by atoms with Crippen LogP contribution in [-0.4, -0.2) is 23.7 Å². The summed E-state index contributed by atoms with van der Waals surface area (Å²) in [5.74, 6) is -0.498. The van der Waals surface area contributed by atoms with Crippen LogP contribution >= 0.6 is 11.6 Å². The Labute approximate surface area is 98.3 Å². The maximum atomic E-state index is 11.5. The molecule has 0 amide bonds. The van der Waals surface area contributed by atoms with E-state index < -0.39 is 16.6 Å². The summed E-state index contributed by atoms with van der Waals surface area (Å²) in [4.78, 5) is 11.5. The first-order valence-electron chi connectivity index (χ1n) is 5.16. The lowest BCUT2D eigenvalue weighted by Gasteiger charge is -2.05. The molecular formula is C12H11ClO3. The topological polar surface area (TPSA) is 38.8 Å². The zero-order valence-electron chi connectivity index (χ0n) is 8.83. The fraction of sp³-hybridized carbons (Fsp3) is 0.417. The summed E-state index contributed by atoms with van der Waals surface area (Å²) in [7, 11) is 1.32. The lowest BCUT2D eigenvalue weighted by Crippen LogP contribution is -2.30. The van der Waals surface area contributed by atoms with Crippen LogP contribution in [0, 0.1) is 0 Å². The molecular weight excluding hydrogens is 228 g/mol. The van der Waals surface area contributed by atoms with Gasteiger partial charge in [0.25, 0.3) is 5.06 Å². The third-order valence-electron chi connectivity index (χ3n) is 3.40. The monoisotopic (exact) mass is 238 g/mol. The number of benzene rings is 1. The number of hydrogen-bond donors (Lipinski definition) is 0. The van der Waals surface area contributed by atoms with E-state index in [-0.39, 0.29) is 0 Å². The molecule has 1 unspecified atom stereocenters. The second-order valence-corrected chi connectivity index (χ2v) is 4.84. The predicted molar refractivity (Wildman–Crippen MR) is 58.3 cm³/mol. The molecule has 1 saturated heterocycles. The third-order valence-corrected chi connectivity index (χ3v) is 3.97. The summed E-state index contributed by atoms with van der Waals surface area (Å²) in [6.07, 6.45) is 1.36. The van der Waals surface area contributed by atoms with Crippen LogP contribution in [0.25, 0.3) is 0 Å². The van der Waals surface area contributed by atoms with E-state index in [1.807, 2.05) is 24.3 Å². The first-order valence-corrected chi connectivity index (χ1v) is 5.53. The summed E-state index contributed by atoms with van der Waals surface area (Å²) < 4.78 is 10.1. The van der Waals surface area contributed by atoms with Crippen LogP contribution in [0.1, 0.15) is 11.1 Å². The minimum Gasteiger partial charge on any atom is -0.466 e. The van der Waals surface area contributed by atoms with Gasteiger partial charge in [0.2, 0.25) is 0 Å². The highest BCUT2D eigenvalue weighted by atomic mass is 35.5. The fourth-order valence-electron chi connectivity index (χ4n) is 2.48. The third kappa shape index (κ3) is 1.10. The standard InChI is InChI=1S/C12H11ClO3/c1-15-10(14)12(13)11(16-12)6-8-4-2-3-5-9(8)7-11/h2-5H,6-7H2,1H3. The Hall–Kier alpha value is -1.06. The lowest BCUT2D eigenvalue weighted by atomic mass is 10.0. The first kappa shape index (κ1) is 10.1. The van der Waals surface area contributed by atoms with Gasteiger partial charge in [-0.2, -0.15) is 0 Å². The van der Waals surface area contributed by atoms with Gasteiger partial charge in [-0.1, -0.05) is 35.9 Å². The van der Waals surface area contributed by atoms with E-state index in [9.17, 15) is 4.79 Å². The van der Waals surface area contributed by atoms with Crippen LogP contribution < -0.4 is 0 Å². The van der Waals surface area contributed by atoms with Crippen molar-refractivity contribution in [2.75, 3.05) is 7.11 Å². The van der Waals surface area contributed by atoms with E-state index in [4.69, 9.17) is 16.3 Å². The van der Waals surface area contributed by atoms with Crippen LogP contribution in [0.15, 0.2) is 24.3 Å². The summed E-state index contributed by atoms with van der Waals surface area (Å²) >= 11 is 6.15. The molecule has 1 heterocycles. The van der Waals surface area contributed by atoms with Gasteiger partial charge in [0.15, 0.2) is 0 Å². The molecule has 0 radical (unpaired) electrons. The average Bonchev–Trinajstić information content (AvgIpc) is 2.71. The van der Waals surface area contributed by atoms with Gasteiger partial charge in [-0.3, -0.25) is 0 Å². The number of hydrogen-bond acceptors (Lipinski definition) is 3. The number of carbonyl (C=O) groups is 1. The Bertz CT molecular complexity index is 446. The molecule has 1 aromatic carbocycles. The van der Waals surface area contributed by atoms with Gasteiger partial charge in [-0.25, -0.2) is 4.79 Å². The number of ether oxygens (including phenoxy) is 2. The lowest BCUT2D eigenvalue weighted by molar-refractivity contribution is -0.143. The molecule has 4 heteroatoms. The molecule has 1 aliphatic carbocycles. The first-order chi connectivity index (χ1) is 7.61. The Kier molecular flexibility index (Phi) is 1.89. The molecule has 0 N–H and O–H groups in total. The fourth-order valence-corrected chi connectivity index (χ4v) is 2.84. The average molecular weight is 239 g/mol. The SMILES string of the molecule is COC(=O)C1(Cl)OC12Cc1ccccc1C2. The molecule has 1 fully saturated rings. The molecule has 2 aliphatic rings. The Morgan fingerprint density at radius 2 is 1.94 bits per heavy atom. The van der Waals surface area contributed by atoms with Crippen LogP contribution in [0.4, 0.5) is 0 Å². The normalized spacial score (nSPS) is 28.9. The number of methoxy groups -OCH3 is 1. The largest absolute Gasteiger partial charge is 0.466 e. The maximum absolute atomic E-state index is 11.5. The highest BCUT2D eigenvalue weighted by molar-refractivity contribution is 6.36.